The molecular formula is C14H17BrN2O4. The van der Waals surface area contributed by atoms with Gasteiger partial charge in [-0.1, -0.05) is 0 Å². The molecule has 21 heavy (non-hydrogen) atoms. The topological polar surface area (TPSA) is 80.2 Å². The van der Waals surface area contributed by atoms with Crippen LogP contribution in [0.25, 0.3) is 0 Å². The third-order valence-corrected chi connectivity index (χ3v) is 3.86. The lowest BCUT2D eigenvalue weighted by atomic mass is 10.00. The highest BCUT2D eigenvalue weighted by atomic mass is 79.9. The lowest BCUT2D eigenvalue weighted by molar-refractivity contribution is -0.127. The van der Waals surface area contributed by atoms with E-state index in [2.05, 4.69) is 26.5 Å². The third-order valence-electron chi connectivity index (χ3n) is 3.25. The van der Waals surface area contributed by atoms with Crippen LogP contribution in [0.1, 0.15) is 18.4 Å². The van der Waals surface area contributed by atoms with Crippen LogP contribution in [0.3, 0.4) is 0 Å². The number of methoxy groups -OCH3 is 1. The number of aromatic hydroxyl groups is 1. The van der Waals surface area contributed by atoms with E-state index in [1.54, 1.807) is 12.1 Å². The molecule has 6 nitrogen and oxygen atoms in total. The molecule has 0 bridgehead atoms. The number of hydrogen-bond acceptors (Lipinski definition) is 5. The summed E-state index contributed by atoms with van der Waals surface area (Å²) >= 11 is 3.23. The van der Waals surface area contributed by atoms with Crippen LogP contribution in [0.4, 0.5) is 0 Å². The summed E-state index contributed by atoms with van der Waals surface area (Å²) in [4.78, 5) is 11.9. The van der Waals surface area contributed by atoms with Crippen LogP contribution in [-0.4, -0.2) is 37.6 Å². The highest BCUT2D eigenvalue weighted by molar-refractivity contribution is 9.10. The van der Waals surface area contributed by atoms with Gasteiger partial charge in [-0.05, 0) is 46.5 Å². The minimum Gasteiger partial charge on any atom is -0.503 e. The number of halogens is 1. The minimum absolute atomic E-state index is 0.0286. The molecule has 0 unspecified atom stereocenters. The Balaban J connectivity index is 1.97. The summed E-state index contributed by atoms with van der Waals surface area (Å²) in [6, 6.07) is 3.31. The molecule has 0 saturated carbocycles. The molecule has 2 N–H and O–H groups in total. The zero-order chi connectivity index (χ0) is 15.2. The second-order valence-corrected chi connectivity index (χ2v) is 5.53. The van der Waals surface area contributed by atoms with Gasteiger partial charge in [0.2, 0.25) is 5.91 Å². The molecule has 1 aliphatic rings. The van der Waals surface area contributed by atoms with Gasteiger partial charge < -0.3 is 14.6 Å². The summed E-state index contributed by atoms with van der Waals surface area (Å²) in [5.74, 6) is 0.221. The smallest absolute Gasteiger partial charge is 0.243 e. The SMILES string of the molecule is COc1cc(/C=N/NC(=O)C2CCOCC2)cc(Br)c1O. The quantitative estimate of drug-likeness (QED) is 0.638. The number of hydrazone groups is 1. The summed E-state index contributed by atoms with van der Waals surface area (Å²) in [7, 11) is 1.47. The van der Waals surface area contributed by atoms with Crippen molar-refractivity contribution in [2.75, 3.05) is 20.3 Å². The second kappa shape index (κ2) is 7.42. The van der Waals surface area contributed by atoms with Crippen LogP contribution in [0.2, 0.25) is 0 Å². The maximum Gasteiger partial charge on any atom is 0.243 e. The van der Waals surface area contributed by atoms with E-state index in [1.165, 1.54) is 13.3 Å². The van der Waals surface area contributed by atoms with Crippen LogP contribution >= 0.6 is 15.9 Å². The molecule has 0 aromatic heterocycles. The minimum atomic E-state index is -0.0978. The maximum absolute atomic E-state index is 11.9. The number of carbonyl (C=O) groups excluding carboxylic acids is 1. The molecule has 1 heterocycles. The normalized spacial score (nSPS) is 16.1. The van der Waals surface area contributed by atoms with Crippen molar-refractivity contribution < 1.29 is 19.4 Å². The van der Waals surface area contributed by atoms with Crippen molar-refractivity contribution in [1.82, 2.24) is 5.43 Å². The molecule has 1 aromatic carbocycles. The number of phenolic OH excluding ortho intramolecular Hbond substituents is 1. The van der Waals surface area contributed by atoms with Crippen molar-refractivity contribution in [1.29, 1.82) is 0 Å². The Morgan fingerprint density at radius 3 is 2.90 bits per heavy atom. The van der Waals surface area contributed by atoms with E-state index in [9.17, 15) is 9.90 Å². The number of rotatable bonds is 4. The van der Waals surface area contributed by atoms with Gasteiger partial charge >= 0.3 is 0 Å². The number of nitrogens with zero attached hydrogens (tertiary/aromatic N) is 1. The molecule has 0 radical (unpaired) electrons. The van der Waals surface area contributed by atoms with E-state index in [0.29, 0.717) is 29.0 Å². The fourth-order valence-electron chi connectivity index (χ4n) is 2.05. The Morgan fingerprint density at radius 2 is 2.24 bits per heavy atom. The van der Waals surface area contributed by atoms with Crippen LogP contribution < -0.4 is 10.2 Å². The van der Waals surface area contributed by atoms with Crippen LogP contribution in [-0.2, 0) is 9.53 Å². The van der Waals surface area contributed by atoms with Gasteiger partial charge in [-0.3, -0.25) is 4.79 Å². The molecule has 114 valence electrons. The fourth-order valence-corrected chi connectivity index (χ4v) is 2.51. The number of amides is 1. The molecular weight excluding hydrogens is 340 g/mol. The first kappa shape index (κ1) is 15.8. The lowest BCUT2D eigenvalue weighted by Crippen LogP contribution is -2.31. The summed E-state index contributed by atoms with van der Waals surface area (Å²) < 4.78 is 10.8. The molecule has 1 fully saturated rings. The van der Waals surface area contributed by atoms with Gasteiger partial charge in [0, 0.05) is 19.1 Å². The number of carbonyl (C=O) groups is 1. The molecule has 2 rings (SSSR count). The van der Waals surface area contributed by atoms with Gasteiger partial charge in [-0.15, -0.1) is 0 Å². The lowest BCUT2D eigenvalue weighted by Gasteiger charge is -2.19. The Hall–Kier alpha value is -1.60. The number of ether oxygens (including phenoxy) is 2. The Kier molecular flexibility index (Phi) is 5.58. The van der Waals surface area contributed by atoms with E-state index >= 15 is 0 Å². The number of hydrogen-bond donors (Lipinski definition) is 2. The summed E-state index contributed by atoms with van der Waals surface area (Å²) in [6.07, 6.45) is 2.95. The number of benzene rings is 1. The Labute approximate surface area is 131 Å². The van der Waals surface area contributed by atoms with Gasteiger partial charge in [0.15, 0.2) is 11.5 Å². The molecule has 7 heteroatoms. The monoisotopic (exact) mass is 356 g/mol. The van der Waals surface area contributed by atoms with E-state index in [4.69, 9.17) is 9.47 Å². The fraction of sp³-hybridized carbons (Fsp3) is 0.429. The number of phenols is 1. The highest BCUT2D eigenvalue weighted by Crippen LogP contribution is 2.34. The van der Waals surface area contributed by atoms with Crippen molar-refractivity contribution in [2.24, 2.45) is 11.0 Å². The van der Waals surface area contributed by atoms with Gasteiger partial charge in [-0.25, -0.2) is 5.43 Å². The molecule has 0 atom stereocenters. The van der Waals surface area contributed by atoms with E-state index in [1.807, 2.05) is 0 Å². The standard InChI is InChI=1S/C14H17BrN2O4/c1-20-12-7-9(6-11(15)13(12)18)8-16-17-14(19)10-2-4-21-5-3-10/h6-8,10,18H,2-5H2,1H3,(H,17,19)/b16-8+. The first-order valence-electron chi connectivity index (χ1n) is 6.59. The predicted molar refractivity (Wildman–Crippen MR) is 81.6 cm³/mol. The molecule has 1 saturated heterocycles. The largest absolute Gasteiger partial charge is 0.503 e. The van der Waals surface area contributed by atoms with E-state index in [0.717, 1.165) is 12.8 Å². The average molecular weight is 357 g/mol. The van der Waals surface area contributed by atoms with Crippen molar-refractivity contribution in [3.63, 3.8) is 0 Å². The predicted octanol–water partition coefficient (Wildman–Crippen LogP) is 2.04. The molecule has 0 spiro atoms. The van der Waals surface area contributed by atoms with Crippen LogP contribution in [0, 0.1) is 5.92 Å². The highest BCUT2D eigenvalue weighted by Gasteiger charge is 2.20. The number of nitrogens with one attached hydrogen (secondary N) is 1. The van der Waals surface area contributed by atoms with Gasteiger partial charge in [0.1, 0.15) is 0 Å². The summed E-state index contributed by atoms with van der Waals surface area (Å²) in [5.41, 5.74) is 3.23. The Bertz CT molecular complexity index is 542. The van der Waals surface area contributed by atoms with Crippen molar-refractivity contribution >= 4 is 28.1 Å². The second-order valence-electron chi connectivity index (χ2n) is 4.67. The third kappa shape index (κ3) is 4.18. The van der Waals surface area contributed by atoms with Crippen LogP contribution in [0.15, 0.2) is 21.7 Å². The first-order chi connectivity index (χ1) is 10.1. The molecule has 0 aliphatic carbocycles. The van der Waals surface area contributed by atoms with Crippen molar-refractivity contribution in [3.05, 3.63) is 22.2 Å². The molecule has 1 aromatic rings. The first-order valence-corrected chi connectivity index (χ1v) is 7.38. The maximum atomic E-state index is 11.9. The van der Waals surface area contributed by atoms with Gasteiger partial charge in [0.25, 0.3) is 0 Å². The zero-order valence-electron chi connectivity index (χ0n) is 11.6. The van der Waals surface area contributed by atoms with Gasteiger partial charge in [0.05, 0.1) is 17.8 Å². The Morgan fingerprint density at radius 1 is 1.52 bits per heavy atom. The molecule has 1 amide bonds. The average Bonchev–Trinajstić information content (AvgIpc) is 2.51. The summed E-state index contributed by atoms with van der Waals surface area (Å²) in [6.45, 7) is 1.23. The van der Waals surface area contributed by atoms with Crippen LogP contribution in [0.5, 0.6) is 11.5 Å². The van der Waals surface area contributed by atoms with Gasteiger partial charge in [-0.2, -0.15) is 5.10 Å². The van der Waals surface area contributed by atoms with Crippen molar-refractivity contribution in [3.8, 4) is 11.5 Å². The zero-order valence-corrected chi connectivity index (χ0v) is 13.2. The van der Waals surface area contributed by atoms with Crippen molar-refractivity contribution in [2.45, 2.75) is 12.8 Å². The van der Waals surface area contributed by atoms with E-state index in [-0.39, 0.29) is 17.6 Å². The summed E-state index contributed by atoms with van der Waals surface area (Å²) in [5, 5.41) is 13.6. The molecule has 1 aliphatic heterocycles. The van der Waals surface area contributed by atoms with E-state index < -0.39 is 0 Å².